The summed E-state index contributed by atoms with van der Waals surface area (Å²) in [4.78, 5) is 16.1. The SMILES string of the molecule is Cc1cccc(-c2nc(CNC(=O)c3cccc(F)c3F)no2)c1. The Bertz CT molecular complexity index is 893. The number of rotatable bonds is 4. The van der Waals surface area contributed by atoms with Gasteiger partial charge in [0.25, 0.3) is 11.8 Å². The van der Waals surface area contributed by atoms with Gasteiger partial charge in [0.15, 0.2) is 17.5 Å². The third kappa shape index (κ3) is 3.29. The lowest BCUT2D eigenvalue weighted by molar-refractivity contribution is 0.0944. The first-order valence-electron chi connectivity index (χ1n) is 7.16. The minimum atomic E-state index is -1.19. The molecule has 0 aliphatic carbocycles. The van der Waals surface area contributed by atoms with Crippen LogP contribution in [0.2, 0.25) is 0 Å². The number of aryl methyl sites for hydroxylation is 1. The summed E-state index contributed by atoms with van der Waals surface area (Å²) in [7, 11) is 0. The smallest absolute Gasteiger partial charge is 0.257 e. The zero-order valence-electron chi connectivity index (χ0n) is 12.7. The van der Waals surface area contributed by atoms with Gasteiger partial charge in [-0.05, 0) is 31.2 Å². The third-order valence-electron chi connectivity index (χ3n) is 3.34. The highest BCUT2D eigenvalue weighted by Crippen LogP contribution is 2.18. The topological polar surface area (TPSA) is 68.0 Å². The molecule has 0 aliphatic rings. The quantitative estimate of drug-likeness (QED) is 0.798. The molecule has 0 bridgehead atoms. The molecule has 1 N–H and O–H groups in total. The fourth-order valence-electron chi connectivity index (χ4n) is 2.15. The maximum Gasteiger partial charge on any atom is 0.257 e. The van der Waals surface area contributed by atoms with Gasteiger partial charge in [0, 0.05) is 5.56 Å². The van der Waals surface area contributed by atoms with Gasteiger partial charge < -0.3 is 9.84 Å². The molecule has 5 nitrogen and oxygen atoms in total. The summed E-state index contributed by atoms with van der Waals surface area (Å²) in [6.07, 6.45) is 0. The second kappa shape index (κ2) is 6.57. The molecular formula is C17H13F2N3O2. The van der Waals surface area contributed by atoms with Crippen LogP contribution in [0, 0.1) is 18.6 Å². The number of halogens is 2. The number of aromatic nitrogens is 2. The predicted octanol–water partition coefficient (Wildman–Crippen LogP) is 3.25. The minimum absolute atomic E-state index is 0.0654. The molecule has 1 aromatic heterocycles. The molecule has 0 atom stereocenters. The highest BCUT2D eigenvalue weighted by molar-refractivity contribution is 5.94. The Morgan fingerprint density at radius 1 is 1.21 bits per heavy atom. The van der Waals surface area contributed by atoms with Crippen LogP contribution in [0.25, 0.3) is 11.5 Å². The molecule has 0 aliphatic heterocycles. The summed E-state index contributed by atoms with van der Waals surface area (Å²) >= 11 is 0. The Balaban J connectivity index is 1.69. The summed E-state index contributed by atoms with van der Waals surface area (Å²) in [5, 5.41) is 6.19. The summed E-state index contributed by atoms with van der Waals surface area (Å²) in [5.74, 6) is -2.47. The van der Waals surface area contributed by atoms with Crippen LogP contribution in [0.3, 0.4) is 0 Å². The van der Waals surface area contributed by atoms with Crippen molar-refractivity contribution < 1.29 is 18.1 Å². The van der Waals surface area contributed by atoms with Crippen LogP contribution < -0.4 is 5.32 Å². The van der Waals surface area contributed by atoms with Gasteiger partial charge in [-0.25, -0.2) is 8.78 Å². The first kappa shape index (κ1) is 15.8. The fraction of sp³-hybridized carbons (Fsp3) is 0.118. The molecule has 0 fully saturated rings. The first-order chi connectivity index (χ1) is 11.5. The van der Waals surface area contributed by atoms with Crippen molar-refractivity contribution in [2.45, 2.75) is 13.5 Å². The lowest BCUT2D eigenvalue weighted by Gasteiger charge is -2.04. The van der Waals surface area contributed by atoms with Gasteiger partial charge in [0.1, 0.15) is 0 Å². The molecule has 0 radical (unpaired) electrons. The maximum absolute atomic E-state index is 13.6. The van der Waals surface area contributed by atoms with Crippen molar-refractivity contribution >= 4 is 5.91 Å². The van der Waals surface area contributed by atoms with Crippen molar-refractivity contribution in [1.82, 2.24) is 15.5 Å². The van der Waals surface area contributed by atoms with E-state index < -0.39 is 17.5 Å². The molecule has 0 spiro atoms. The van der Waals surface area contributed by atoms with Crippen molar-refractivity contribution in [2.75, 3.05) is 0 Å². The largest absolute Gasteiger partial charge is 0.345 e. The second-order valence-corrected chi connectivity index (χ2v) is 5.17. The van der Waals surface area contributed by atoms with E-state index in [0.29, 0.717) is 5.89 Å². The third-order valence-corrected chi connectivity index (χ3v) is 3.34. The van der Waals surface area contributed by atoms with Crippen LogP contribution in [0.4, 0.5) is 8.78 Å². The molecule has 0 saturated heterocycles. The number of benzene rings is 2. The number of nitrogens with zero attached hydrogens (tertiary/aromatic N) is 2. The number of hydrogen-bond acceptors (Lipinski definition) is 4. The van der Waals surface area contributed by atoms with Crippen molar-refractivity contribution in [3.8, 4) is 11.5 Å². The monoisotopic (exact) mass is 329 g/mol. The second-order valence-electron chi connectivity index (χ2n) is 5.17. The van der Waals surface area contributed by atoms with E-state index in [0.717, 1.165) is 17.2 Å². The van der Waals surface area contributed by atoms with Gasteiger partial charge in [-0.15, -0.1) is 0 Å². The van der Waals surface area contributed by atoms with E-state index >= 15 is 0 Å². The maximum atomic E-state index is 13.6. The summed E-state index contributed by atoms with van der Waals surface area (Å²) in [6.45, 7) is 1.87. The molecular weight excluding hydrogens is 316 g/mol. The molecule has 1 amide bonds. The van der Waals surface area contributed by atoms with Gasteiger partial charge in [0.2, 0.25) is 0 Å². The average molecular weight is 329 g/mol. The van der Waals surface area contributed by atoms with Crippen LogP contribution in [0.15, 0.2) is 47.0 Å². The number of carbonyl (C=O) groups is 1. The highest BCUT2D eigenvalue weighted by atomic mass is 19.2. The van der Waals surface area contributed by atoms with Crippen LogP contribution >= 0.6 is 0 Å². The van der Waals surface area contributed by atoms with Gasteiger partial charge in [-0.1, -0.05) is 28.9 Å². The lowest BCUT2D eigenvalue weighted by atomic mass is 10.1. The average Bonchev–Trinajstić information content (AvgIpc) is 3.04. The number of amides is 1. The van der Waals surface area contributed by atoms with Gasteiger partial charge >= 0.3 is 0 Å². The number of carbonyl (C=O) groups excluding carboxylic acids is 1. The van der Waals surface area contributed by atoms with Crippen molar-refractivity contribution in [3.05, 3.63) is 71.1 Å². The Morgan fingerprint density at radius 3 is 2.79 bits per heavy atom. The van der Waals surface area contributed by atoms with Gasteiger partial charge in [-0.2, -0.15) is 4.98 Å². The molecule has 3 rings (SSSR count). The molecule has 2 aromatic carbocycles. The van der Waals surface area contributed by atoms with Crippen molar-refractivity contribution in [3.63, 3.8) is 0 Å². The van der Waals surface area contributed by atoms with Gasteiger partial charge in [0.05, 0.1) is 12.1 Å². The predicted molar refractivity (Wildman–Crippen MR) is 82.0 cm³/mol. The zero-order chi connectivity index (χ0) is 17.1. The molecule has 24 heavy (non-hydrogen) atoms. The van der Waals surface area contributed by atoms with E-state index in [-0.39, 0.29) is 17.9 Å². The van der Waals surface area contributed by atoms with E-state index in [2.05, 4.69) is 15.5 Å². The summed E-state index contributed by atoms with van der Waals surface area (Å²) in [5.41, 5.74) is 1.43. The Labute approximate surface area is 136 Å². The normalized spacial score (nSPS) is 10.6. The molecule has 0 unspecified atom stereocenters. The molecule has 0 saturated carbocycles. The summed E-state index contributed by atoms with van der Waals surface area (Å²) in [6, 6.07) is 10.9. The molecule has 1 heterocycles. The number of nitrogens with one attached hydrogen (secondary N) is 1. The van der Waals surface area contributed by atoms with E-state index in [1.165, 1.54) is 12.1 Å². The van der Waals surface area contributed by atoms with E-state index in [1.54, 1.807) is 0 Å². The molecule has 3 aromatic rings. The summed E-state index contributed by atoms with van der Waals surface area (Å²) < 4.78 is 31.8. The van der Waals surface area contributed by atoms with Crippen LogP contribution in [-0.2, 0) is 6.54 Å². The van der Waals surface area contributed by atoms with E-state index in [4.69, 9.17) is 4.52 Å². The van der Waals surface area contributed by atoms with Gasteiger partial charge in [-0.3, -0.25) is 4.79 Å². The molecule has 7 heteroatoms. The standard InChI is InChI=1S/C17H13F2N3O2/c1-10-4-2-5-11(8-10)17-21-14(22-24-17)9-20-16(23)12-6-3-7-13(18)15(12)19/h2-8H,9H2,1H3,(H,20,23). The Morgan fingerprint density at radius 2 is 2.00 bits per heavy atom. The van der Waals surface area contributed by atoms with Crippen molar-refractivity contribution in [2.24, 2.45) is 0 Å². The fourth-order valence-corrected chi connectivity index (χ4v) is 2.15. The van der Waals surface area contributed by atoms with E-state index in [9.17, 15) is 13.6 Å². The van der Waals surface area contributed by atoms with E-state index in [1.807, 2.05) is 31.2 Å². The van der Waals surface area contributed by atoms with Crippen LogP contribution in [0.1, 0.15) is 21.7 Å². The minimum Gasteiger partial charge on any atom is -0.345 e. The first-order valence-corrected chi connectivity index (χ1v) is 7.16. The molecule has 122 valence electrons. The number of hydrogen-bond donors (Lipinski definition) is 1. The van der Waals surface area contributed by atoms with Crippen molar-refractivity contribution in [1.29, 1.82) is 0 Å². The lowest BCUT2D eigenvalue weighted by Crippen LogP contribution is -2.24. The Kier molecular flexibility index (Phi) is 4.33. The van der Waals surface area contributed by atoms with Crippen LogP contribution in [0.5, 0.6) is 0 Å². The zero-order valence-corrected chi connectivity index (χ0v) is 12.7. The Hall–Kier alpha value is -3.09. The highest BCUT2D eigenvalue weighted by Gasteiger charge is 2.16. The van der Waals surface area contributed by atoms with Crippen LogP contribution in [-0.4, -0.2) is 16.0 Å².